The van der Waals surface area contributed by atoms with Crippen LogP contribution in [0.25, 0.3) is 11.1 Å². The first-order valence-corrected chi connectivity index (χ1v) is 9.30. The van der Waals surface area contributed by atoms with Crippen molar-refractivity contribution in [2.24, 2.45) is 0 Å². The SMILES string of the molecule is CCOC(=O)c1ccc(-c2ccccc2)cc1CSc1ccccc1. The fourth-order valence-electron chi connectivity index (χ4n) is 2.61. The molecule has 0 fully saturated rings. The first kappa shape index (κ1) is 17.3. The summed E-state index contributed by atoms with van der Waals surface area (Å²) in [5, 5.41) is 0. The summed E-state index contributed by atoms with van der Waals surface area (Å²) in [6.07, 6.45) is 0. The number of hydrogen-bond donors (Lipinski definition) is 0. The molecule has 0 aliphatic rings. The highest BCUT2D eigenvalue weighted by atomic mass is 32.2. The van der Waals surface area contributed by atoms with E-state index in [0.717, 1.165) is 22.4 Å². The molecule has 3 aromatic carbocycles. The predicted molar refractivity (Wildman–Crippen MR) is 104 cm³/mol. The number of carbonyl (C=O) groups is 1. The second-order valence-electron chi connectivity index (χ2n) is 5.56. The van der Waals surface area contributed by atoms with Crippen molar-refractivity contribution in [2.75, 3.05) is 6.61 Å². The summed E-state index contributed by atoms with van der Waals surface area (Å²) in [6, 6.07) is 26.4. The van der Waals surface area contributed by atoms with E-state index in [1.54, 1.807) is 11.8 Å². The second kappa shape index (κ2) is 8.54. The van der Waals surface area contributed by atoms with Gasteiger partial charge in [-0.2, -0.15) is 0 Å². The van der Waals surface area contributed by atoms with Crippen LogP contribution in [-0.4, -0.2) is 12.6 Å². The molecule has 0 aromatic heterocycles. The summed E-state index contributed by atoms with van der Waals surface area (Å²) in [4.78, 5) is 13.5. The van der Waals surface area contributed by atoms with Crippen LogP contribution in [0.2, 0.25) is 0 Å². The number of ether oxygens (including phenoxy) is 1. The Morgan fingerprint density at radius 1 is 0.880 bits per heavy atom. The molecule has 0 radical (unpaired) electrons. The fourth-order valence-corrected chi connectivity index (χ4v) is 3.52. The predicted octanol–water partition coefficient (Wildman–Crippen LogP) is 5.82. The minimum Gasteiger partial charge on any atom is -0.462 e. The molecular weight excluding hydrogens is 328 g/mol. The summed E-state index contributed by atoms with van der Waals surface area (Å²) in [6.45, 7) is 2.21. The van der Waals surface area contributed by atoms with Crippen LogP contribution < -0.4 is 0 Å². The summed E-state index contributed by atoms with van der Waals surface area (Å²) >= 11 is 1.72. The first-order chi connectivity index (χ1) is 12.3. The number of thioether (sulfide) groups is 1. The van der Waals surface area contributed by atoms with E-state index in [2.05, 4.69) is 30.3 Å². The molecule has 2 nitrogen and oxygen atoms in total. The van der Waals surface area contributed by atoms with Gasteiger partial charge < -0.3 is 4.74 Å². The molecule has 25 heavy (non-hydrogen) atoms. The van der Waals surface area contributed by atoms with E-state index in [0.29, 0.717) is 12.2 Å². The Bertz CT molecular complexity index is 829. The van der Waals surface area contributed by atoms with E-state index in [-0.39, 0.29) is 5.97 Å². The van der Waals surface area contributed by atoms with Crippen LogP contribution in [-0.2, 0) is 10.5 Å². The molecule has 3 heteroatoms. The van der Waals surface area contributed by atoms with Crippen LogP contribution in [0.5, 0.6) is 0 Å². The van der Waals surface area contributed by atoms with Crippen LogP contribution in [0, 0.1) is 0 Å². The fraction of sp³-hybridized carbons (Fsp3) is 0.136. The van der Waals surface area contributed by atoms with Gasteiger partial charge >= 0.3 is 5.97 Å². The molecular formula is C22H20O2S. The average Bonchev–Trinajstić information content (AvgIpc) is 2.68. The van der Waals surface area contributed by atoms with Crippen LogP contribution in [0.4, 0.5) is 0 Å². The van der Waals surface area contributed by atoms with Gasteiger partial charge in [0, 0.05) is 10.6 Å². The molecule has 3 aromatic rings. The van der Waals surface area contributed by atoms with E-state index >= 15 is 0 Å². The normalized spacial score (nSPS) is 10.4. The number of benzene rings is 3. The molecule has 0 N–H and O–H groups in total. The number of rotatable bonds is 6. The van der Waals surface area contributed by atoms with Gasteiger partial charge in [-0.25, -0.2) is 4.79 Å². The molecule has 0 bridgehead atoms. The standard InChI is InChI=1S/C22H20O2S/c1-2-24-22(23)21-14-13-18(17-9-5-3-6-10-17)15-19(21)16-25-20-11-7-4-8-12-20/h3-15H,2,16H2,1H3. The zero-order chi connectivity index (χ0) is 17.5. The van der Waals surface area contributed by atoms with E-state index in [1.165, 1.54) is 4.90 Å². The Labute approximate surface area is 152 Å². The van der Waals surface area contributed by atoms with Crippen LogP contribution >= 0.6 is 11.8 Å². The highest BCUT2D eigenvalue weighted by Crippen LogP contribution is 2.28. The van der Waals surface area contributed by atoms with Gasteiger partial charge in [0.15, 0.2) is 0 Å². The minimum absolute atomic E-state index is 0.259. The van der Waals surface area contributed by atoms with Gasteiger partial charge in [0.1, 0.15) is 0 Å². The third-order valence-electron chi connectivity index (χ3n) is 3.85. The van der Waals surface area contributed by atoms with E-state index in [1.807, 2.05) is 55.5 Å². The second-order valence-corrected chi connectivity index (χ2v) is 6.61. The zero-order valence-electron chi connectivity index (χ0n) is 14.1. The summed E-state index contributed by atoms with van der Waals surface area (Å²) in [5.74, 6) is 0.463. The summed E-state index contributed by atoms with van der Waals surface area (Å²) < 4.78 is 5.22. The maximum Gasteiger partial charge on any atom is 0.338 e. The van der Waals surface area contributed by atoms with Crippen molar-refractivity contribution < 1.29 is 9.53 Å². The summed E-state index contributed by atoms with van der Waals surface area (Å²) in [5.41, 5.74) is 3.89. The first-order valence-electron chi connectivity index (χ1n) is 8.31. The molecule has 126 valence electrons. The highest BCUT2D eigenvalue weighted by Gasteiger charge is 2.14. The van der Waals surface area contributed by atoms with Gasteiger partial charge in [-0.1, -0.05) is 54.6 Å². The van der Waals surface area contributed by atoms with Gasteiger partial charge in [0.05, 0.1) is 12.2 Å². The Balaban J connectivity index is 1.91. The number of hydrogen-bond acceptors (Lipinski definition) is 3. The van der Waals surface area contributed by atoms with Crippen molar-refractivity contribution >= 4 is 17.7 Å². The molecule has 0 amide bonds. The molecule has 3 rings (SSSR count). The molecule has 0 saturated heterocycles. The van der Waals surface area contributed by atoms with Gasteiger partial charge in [0.2, 0.25) is 0 Å². The molecule has 0 spiro atoms. The Kier molecular flexibility index (Phi) is 5.91. The Morgan fingerprint density at radius 3 is 2.24 bits per heavy atom. The zero-order valence-corrected chi connectivity index (χ0v) is 15.0. The molecule has 0 aliphatic carbocycles. The monoisotopic (exact) mass is 348 g/mol. The van der Waals surface area contributed by atoms with E-state index in [4.69, 9.17) is 4.74 Å². The van der Waals surface area contributed by atoms with Gasteiger partial charge in [-0.3, -0.25) is 0 Å². The Hall–Kier alpha value is -2.52. The quantitative estimate of drug-likeness (QED) is 0.414. The average molecular weight is 348 g/mol. The van der Waals surface area contributed by atoms with Crippen molar-refractivity contribution in [1.29, 1.82) is 0 Å². The molecule has 0 aliphatic heterocycles. The minimum atomic E-state index is -0.259. The molecule has 0 atom stereocenters. The third kappa shape index (κ3) is 4.52. The van der Waals surface area contributed by atoms with Gasteiger partial charge in [-0.15, -0.1) is 11.8 Å². The Morgan fingerprint density at radius 2 is 1.56 bits per heavy atom. The molecule has 0 heterocycles. The maximum atomic E-state index is 12.3. The number of carbonyl (C=O) groups excluding carboxylic acids is 1. The molecule has 0 unspecified atom stereocenters. The van der Waals surface area contributed by atoms with Crippen LogP contribution in [0.1, 0.15) is 22.8 Å². The van der Waals surface area contributed by atoms with Crippen molar-refractivity contribution in [3.05, 3.63) is 90.0 Å². The van der Waals surface area contributed by atoms with E-state index in [9.17, 15) is 4.79 Å². The third-order valence-corrected chi connectivity index (χ3v) is 4.91. The van der Waals surface area contributed by atoms with Crippen LogP contribution in [0.3, 0.4) is 0 Å². The lowest BCUT2D eigenvalue weighted by Crippen LogP contribution is -2.08. The van der Waals surface area contributed by atoms with Crippen molar-refractivity contribution in [3.8, 4) is 11.1 Å². The lowest BCUT2D eigenvalue weighted by Gasteiger charge is -2.11. The van der Waals surface area contributed by atoms with Crippen LogP contribution in [0.15, 0.2) is 83.8 Å². The van der Waals surface area contributed by atoms with Gasteiger partial charge in [-0.05, 0) is 47.9 Å². The lowest BCUT2D eigenvalue weighted by atomic mass is 10.00. The van der Waals surface area contributed by atoms with Crippen molar-refractivity contribution in [3.63, 3.8) is 0 Å². The lowest BCUT2D eigenvalue weighted by molar-refractivity contribution is 0.0525. The van der Waals surface area contributed by atoms with E-state index < -0.39 is 0 Å². The van der Waals surface area contributed by atoms with Crippen molar-refractivity contribution in [2.45, 2.75) is 17.6 Å². The number of esters is 1. The smallest absolute Gasteiger partial charge is 0.338 e. The highest BCUT2D eigenvalue weighted by molar-refractivity contribution is 7.98. The van der Waals surface area contributed by atoms with Crippen molar-refractivity contribution in [1.82, 2.24) is 0 Å². The molecule has 0 saturated carbocycles. The topological polar surface area (TPSA) is 26.3 Å². The summed E-state index contributed by atoms with van der Waals surface area (Å²) in [7, 11) is 0. The maximum absolute atomic E-state index is 12.3. The van der Waals surface area contributed by atoms with Gasteiger partial charge in [0.25, 0.3) is 0 Å². The largest absolute Gasteiger partial charge is 0.462 e.